The molecule has 242 valence electrons. The maximum Gasteiger partial charge on any atom is 0.255 e. The van der Waals surface area contributed by atoms with E-state index in [-0.39, 0.29) is 29.5 Å². The molecule has 2 atom stereocenters. The van der Waals surface area contributed by atoms with Crippen molar-refractivity contribution in [2.24, 2.45) is 0 Å². The van der Waals surface area contributed by atoms with Crippen molar-refractivity contribution >= 4 is 28.3 Å². The van der Waals surface area contributed by atoms with Crippen LogP contribution in [-0.4, -0.2) is 67.0 Å². The molecule has 11 heteroatoms. The average Bonchev–Trinajstić information content (AvgIpc) is 3.86. The number of hydrogen-bond acceptors (Lipinski definition) is 7. The lowest BCUT2D eigenvalue weighted by atomic mass is 9.67. The van der Waals surface area contributed by atoms with Crippen LogP contribution in [0.3, 0.4) is 0 Å². The zero-order valence-corrected chi connectivity index (χ0v) is 27.1. The summed E-state index contributed by atoms with van der Waals surface area (Å²) in [6, 6.07) is 10.4. The summed E-state index contributed by atoms with van der Waals surface area (Å²) in [6.07, 6.45) is 9.89. The number of nitrogens with zero attached hydrogens (tertiary/aromatic N) is 5. The number of nitrogens with one attached hydrogen (secondary N) is 1. The summed E-state index contributed by atoms with van der Waals surface area (Å²) in [5.41, 5.74) is 6.05. The van der Waals surface area contributed by atoms with E-state index in [0.29, 0.717) is 22.0 Å². The van der Waals surface area contributed by atoms with E-state index in [1.165, 1.54) is 33.4 Å². The lowest BCUT2D eigenvalue weighted by Crippen LogP contribution is -2.40. The second-order valence-corrected chi connectivity index (χ2v) is 14.4. The third kappa shape index (κ3) is 5.50. The third-order valence-electron chi connectivity index (χ3n) is 10.3. The number of aryl methyl sites for hydroxylation is 1. The smallest absolute Gasteiger partial charge is 0.255 e. The lowest BCUT2D eigenvalue weighted by molar-refractivity contribution is -0.121. The van der Waals surface area contributed by atoms with Crippen LogP contribution in [0.5, 0.6) is 0 Å². The number of aliphatic hydroxyl groups excluding tert-OH is 1. The fourth-order valence-electron chi connectivity index (χ4n) is 7.75. The van der Waals surface area contributed by atoms with Gasteiger partial charge in [0.15, 0.2) is 11.2 Å². The summed E-state index contributed by atoms with van der Waals surface area (Å²) in [4.78, 5) is 40.4. The Balaban J connectivity index is 1.03. The number of fused-ring (bicyclic) bond motifs is 2. The highest BCUT2D eigenvalue weighted by Crippen LogP contribution is 2.43. The van der Waals surface area contributed by atoms with Crippen molar-refractivity contribution in [2.75, 3.05) is 25.0 Å². The second kappa shape index (κ2) is 11.8. The number of hydrogen-bond donors (Lipinski definition) is 2. The molecule has 1 saturated heterocycles. The Hall–Kier alpha value is -4.19. The quantitative estimate of drug-likeness (QED) is 0.245. The van der Waals surface area contributed by atoms with Crippen LogP contribution >= 0.6 is 11.3 Å². The number of anilines is 1. The number of imidazole rings is 1. The highest BCUT2D eigenvalue weighted by atomic mass is 32.1. The first-order valence-corrected chi connectivity index (χ1v) is 17.2. The average molecular weight is 653 g/mol. The topological polar surface area (TPSA) is 104 Å². The van der Waals surface area contributed by atoms with Crippen LogP contribution in [0.15, 0.2) is 66.0 Å². The van der Waals surface area contributed by atoms with E-state index in [0.717, 1.165) is 69.5 Å². The molecule has 0 radical (unpaired) electrons. The predicted molar refractivity (Wildman–Crippen MR) is 177 cm³/mol. The zero-order valence-electron chi connectivity index (χ0n) is 26.3. The van der Waals surface area contributed by atoms with Crippen molar-refractivity contribution in [1.29, 1.82) is 0 Å². The number of likely N-dealkylation sites (tertiary alicyclic amines) is 1. The minimum absolute atomic E-state index is 0.0213. The molecule has 1 aliphatic carbocycles. The van der Waals surface area contributed by atoms with Gasteiger partial charge in [-0.2, -0.15) is 0 Å². The maximum absolute atomic E-state index is 15.8. The van der Waals surface area contributed by atoms with E-state index < -0.39 is 17.8 Å². The van der Waals surface area contributed by atoms with E-state index in [2.05, 4.69) is 45.3 Å². The number of piperidine rings is 1. The van der Waals surface area contributed by atoms with E-state index in [4.69, 9.17) is 0 Å². The number of aliphatic hydroxyl groups is 1. The van der Waals surface area contributed by atoms with Crippen molar-refractivity contribution < 1.29 is 19.1 Å². The molecule has 9 nitrogen and oxygen atoms in total. The van der Waals surface area contributed by atoms with Gasteiger partial charge in [-0.25, -0.2) is 14.4 Å². The number of carbonyl (C=O) groups is 2. The second-order valence-electron chi connectivity index (χ2n) is 13.5. The van der Waals surface area contributed by atoms with Crippen LogP contribution in [0.4, 0.5) is 9.52 Å². The third-order valence-corrected chi connectivity index (χ3v) is 11.0. The molecule has 5 heterocycles. The van der Waals surface area contributed by atoms with Gasteiger partial charge in [-0.15, -0.1) is 11.3 Å². The van der Waals surface area contributed by atoms with E-state index in [1.807, 2.05) is 16.7 Å². The van der Waals surface area contributed by atoms with Crippen molar-refractivity contribution in [3.8, 4) is 11.1 Å². The highest BCUT2D eigenvalue weighted by Gasteiger charge is 2.42. The van der Waals surface area contributed by atoms with Crippen molar-refractivity contribution in [3.05, 3.63) is 99.8 Å². The van der Waals surface area contributed by atoms with Crippen LogP contribution in [0.2, 0.25) is 0 Å². The standard InChI is InChI=1S/C36H37FN6O3S/c1-36(17-22(18-36)19-41-12-8-26(44)9-13-41)25-6-4-23(5-7-25)24-15-27-28(29(37)16-24)20-43(34(27)46)32(33(45)40-35-38-10-14-47-35)31-30-3-2-11-42(30)21-39-31/h4-7,10,14-17,21,26,32,44H,2-3,8-9,11-13,18-20H2,1H3,(H,38,40,45). The Kier molecular flexibility index (Phi) is 7.57. The number of benzene rings is 2. The van der Waals surface area contributed by atoms with Crippen molar-refractivity contribution in [2.45, 2.75) is 69.7 Å². The number of aromatic nitrogens is 3. The Morgan fingerprint density at radius 3 is 2.68 bits per heavy atom. The van der Waals surface area contributed by atoms with Crippen LogP contribution in [-0.2, 0) is 29.7 Å². The molecule has 0 bridgehead atoms. The van der Waals surface area contributed by atoms with E-state index in [1.54, 1.807) is 24.0 Å². The molecule has 4 aromatic rings. The largest absolute Gasteiger partial charge is 0.393 e. The SMILES string of the molecule is CC1(c2ccc(-c3cc(F)c4c(c3)C(=O)N(C(C(=O)Nc3nccs3)c3ncn5c3CCC5)C4)cc2)C=C(CN2CCC(O)CC2)C1. The summed E-state index contributed by atoms with van der Waals surface area (Å²) < 4.78 is 17.8. The summed E-state index contributed by atoms with van der Waals surface area (Å²) in [6.45, 7) is 5.86. The number of rotatable bonds is 8. The number of halogens is 1. The number of amides is 2. The zero-order chi connectivity index (χ0) is 32.3. The molecule has 2 N–H and O–H groups in total. The Labute approximate surface area is 276 Å². The molecule has 2 aromatic carbocycles. The van der Waals surface area contributed by atoms with E-state index in [9.17, 15) is 14.7 Å². The number of thiazole rings is 1. The van der Waals surface area contributed by atoms with Crippen molar-refractivity contribution in [3.63, 3.8) is 0 Å². The van der Waals surface area contributed by atoms with Gasteiger partial charge in [-0.3, -0.25) is 19.8 Å². The van der Waals surface area contributed by atoms with E-state index >= 15 is 4.39 Å². The fraction of sp³-hybridized carbons (Fsp3) is 0.389. The summed E-state index contributed by atoms with van der Waals surface area (Å²) in [5, 5.41) is 14.8. The van der Waals surface area contributed by atoms with Crippen LogP contribution in [0.25, 0.3) is 11.1 Å². The van der Waals surface area contributed by atoms with Gasteiger partial charge in [0.2, 0.25) is 0 Å². The van der Waals surface area contributed by atoms with Crippen LogP contribution in [0.1, 0.15) is 71.5 Å². The molecule has 0 saturated carbocycles. The summed E-state index contributed by atoms with van der Waals surface area (Å²) in [5.74, 6) is -1.27. The molecule has 8 rings (SSSR count). The number of carbonyl (C=O) groups excluding carboxylic acids is 2. The molecular weight excluding hydrogens is 616 g/mol. The van der Waals surface area contributed by atoms with Gasteiger partial charge in [-0.05, 0) is 60.9 Å². The molecular formula is C36H37FN6O3S. The van der Waals surface area contributed by atoms with Gasteiger partial charge in [0.05, 0.1) is 24.7 Å². The minimum atomic E-state index is -1.02. The summed E-state index contributed by atoms with van der Waals surface area (Å²) in [7, 11) is 0. The molecule has 2 amide bonds. The Morgan fingerprint density at radius 2 is 1.94 bits per heavy atom. The first kappa shape index (κ1) is 30.2. The maximum atomic E-state index is 15.8. The first-order chi connectivity index (χ1) is 22.8. The normalized spacial score (nSPS) is 21.7. The molecule has 4 aliphatic rings. The molecule has 0 spiro atoms. The minimum Gasteiger partial charge on any atom is -0.393 e. The van der Waals surface area contributed by atoms with Gasteiger partial charge < -0.3 is 14.6 Å². The van der Waals surface area contributed by atoms with Gasteiger partial charge in [0, 0.05) is 60.0 Å². The molecule has 2 unspecified atom stereocenters. The lowest BCUT2D eigenvalue weighted by Gasteiger charge is -2.40. The van der Waals surface area contributed by atoms with Crippen LogP contribution in [0, 0.1) is 5.82 Å². The van der Waals surface area contributed by atoms with Crippen molar-refractivity contribution in [1.82, 2.24) is 24.3 Å². The molecule has 2 aromatic heterocycles. The molecule has 3 aliphatic heterocycles. The predicted octanol–water partition coefficient (Wildman–Crippen LogP) is 5.47. The Bertz CT molecular complexity index is 1880. The van der Waals surface area contributed by atoms with Gasteiger partial charge >= 0.3 is 0 Å². The van der Waals surface area contributed by atoms with Gasteiger partial charge in [0.25, 0.3) is 11.8 Å². The molecule has 1 fully saturated rings. The summed E-state index contributed by atoms with van der Waals surface area (Å²) >= 11 is 1.29. The van der Waals surface area contributed by atoms with Crippen LogP contribution < -0.4 is 5.32 Å². The Morgan fingerprint density at radius 1 is 1.15 bits per heavy atom. The molecule has 47 heavy (non-hydrogen) atoms. The van der Waals surface area contributed by atoms with Gasteiger partial charge in [0.1, 0.15) is 5.82 Å². The monoisotopic (exact) mass is 652 g/mol. The fourth-order valence-corrected chi connectivity index (χ4v) is 8.29. The first-order valence-electron chi connectivity index (χ1n) is 16.4. The van der Waals surface area contributed by atoms with Gasteiger partial charge in [-0.1, -0.05) is 42.8 Å². The number of allylic oxidation sites excluding steroid dienone is 1. The highest BCUT2D eigenvalue weighted by molar-refractivity contribution is 7.13.